The van der Waals surface area contributed by atoms with Gasteiger partial charge in [-0.3, -0.25) is 0 Å². The summed E-state index contributed by atoms with van der Waals surface area (Å²) in [6.07, 6.45) is 1.63. The Bertz CT molecular complexity index is 541. The lowest BCUT2D eigenvalue weighted by atomic mass is 10.5. The van der Waals surface area contributed by atoms with Crippen molar-refractivity contribution >= 4 is 23.2 Å². The molecule has 2 rings (SSSR count). The van der Waals surface area contributed by atoms with Crippen molar-refractivity contribution < 1.29 is 10.0 Å². The van der Waals surface area contributed by atoms with E-state index in [1.54, 1.807) is 24.4 Å². The number of rotatable bonds is 5. The summed E-state index contributed by atoms with van der Waals surface area (Å²) in [5.74, 6) is 0.981. The zero-order valence-electron chi connectivity index (χ0n) is 8.94. The van der Waals surface area contributed by atoms with Crippen molar-refractivity contribution in [2.24, 2.45) is 0 Å². The Kier molecular flexibility index (Phi) is 3.60. The zero-order chi connectivity index (χ0) is 12.3. The Morgan fingerprint density at radius 2 is 2.35 bits per heavy atom. The van der Waals surface area contributed by atoms with Gasteiger partial charge in [0.15, 0.2) is 0 Å². The summed E-state index contributed by atoms with van der Waals surface area (Å²) in [6, 6.07) is 5.25. The van der Waals surface area contributed by atoms with Crippen LogP contribution in [0.4, 0.5) is 5.82 Å². The second kappa shape index (κ2) is 5.15. The molecular weight excluding hydrogens is 242 g/mol. The van der Waals surface area contributed by atoms with Crippen molar-refractivity contribution in [2.75, 3.05) is 12.4 Å². The van der Waals surface area contributed by atoms with E-state index in [4.69, 9.17) is 5.11 Å². The fourth-order valence-corrected chi connectivity index (χ4v) is 2.22. The van der Waals surface area contributed by atoms with E-state index in [-0.39, 0.29) is 12.4 Å². The average molecular weight is 253 g/mol. The van der Waals surface area contributed by atoms with E-state index in [9.17, 15) is 10.1 Å². The van der Waals surface area contributed by atoms with Gasteiger partial charge < -0.3 is 15.2 Å². The van der Waals surface area contributed by atoms with E-state index in [0.29, 0.717) is 22.8 Å². The number of aliphatic hydroxyl groups excluding tert-OH is 1. The maximum absolute atomic E-state index is 11.0. The maximum Gasteiger partial charge on any atom is 0.351 e. The van der Waals surface area contributed by atoms with Gasteiger partial charge in [0.05, 0.1) is 12.8 Å². The lowest BCUT2D eigenvalue weighted by molar-refractivity contribution is -0.391. The van der Waals surface area contributed by atoms with Gasteiger partial charge in [-0.15, -0.1) is 0 Å². The fourth-order valence-electron chi connectivity index (χ4n) is 1.56. The van der Waals surface area contributed by atoms with E-state index in [1.807, 2.05) is 0 Å². The molecule has 0 bridgehead atoms. The monoisotopic (exact) mass is 253 g/mol. The fraction of sp³-hybridized carbons (Fsp3) is 0.300. The summed E-state index contributed by atoms with van der Waals surface area (Å²) >= 11 is 1.42. The molecule has 17 heavy (non-hydrogen) atoms. The Morgan fingerprint density at radius 3 is 3.06 bits per heavy atom. The Balaban J connectivity index is 2.39. The summed E-state index contributed by atoms with van der Waals surface area (Å²) in [7, 11) is 0. The number of hydrogen-bond donors (Lipinski definition) is 1. The maximum atomic E-state index is 11.0. The van der Waals surface area contributed by atoms with Crippen LogP contribution >= 0.6 is 11.8 Å². The second-order valence-corrected chi connectivity index (χ2v) is 4.45. The van der Waals surface area contributed by atoms with Crippen LogP contribution in [0, 0.1) is 10.1 Å². The first-order valence-electron chi connectivity index (χ1n) is 5.03. The van der Waals surface area contributed by atoms with Gasteiger partial charge in [-0.1, -0.05) is 6.07 Å². The Hall–Kier alpha value is -1.60. The molecule has 2 aromatic heterocycles. The van der Waals surface area contributed by atoms with Crippen molar-refractivity contribution in [3.63, 3.8) is 0 Å². The number of thioether (sulfide) groups is 1. The van der Waals surface area contributed by atoms with Gasteiger partial charge in [-0.25, -0.2) is 4.98 Å². The summed E-state index contributed by atoms with van der Waals surface area (Å²) in [6.45, 7) is 0.0613. The minimum Gasteiger partial charge on any atom is -0.396 e. The van der Waals surface area contributed by atoms with Crippen molar-refractivity contribution in [1.82, 2.24) is 9.38 Å². The molecule has 0 amide bonds. The summed E-state index contributed by atoms with van der Waals surface area (Å²) in [5, 5.41) is 19.7. The number of imidazole rings is 1. The van der Waals surface area contributed by atoms with Gasteiger partial charge in [0.2, 0.25) is 5.65 Å². The molecule has 0 saturated heterocycles. The smallest absolute Gasteiger partial charge is 0.351 e. The number of aromatic nitrogens is 2. The third-order valence-electron chi connectivity index (χ3n) is 2.22. The van der Waals surface area contributed by atoms with E-state index < -0.39 is 4.92 Å². The number of nitro groups is 1. The molecule has 0 spiro atoms. The quantitative estimate of drug-likeness (QED) is 0.495. The van der Waals surface area contributed by atoms with Gasteiger partial charge >= 0.3 is 5.82 Å². The Labute approximate surface area is 101 Å². The van der Waals surface area contributed by atoms with Crippen molar-refractivity contribution in [2.45, 2.75) is 5.75 Å². The van der Waals surface area contributed by atoms with E-state index >= 15 is 0 Å². The predicted octanol–water partition coefficient (Wildman–Crippen LogP) is 1.47. The van der Waals surface area contributed by atoms with Crippen LogP contribution in [0.2, 0.25) is 0 Å². The van der Waals surface area contributed by atoms with Gasteiger partial charge in [0.1, 0.15) is 5.69 Å². The molecule has 0 aliphatic heterocycles. The first-order valence-corrected chi connectivity index (χ1v) is 6.18. The SMILES string of the molecule is O=[N+]([O-])c1c(CSCCO)nc2ccccn12. The molecule has 2 heterocycles. The van der Waals surface area contributed by atoms with E-state index in [1.165, 1.54) is 16.2 Å². The van der Waals surface area contributed by atoms with E-state index in [2.05, 4.69) is 4.98 Å². The van der Waals surface area contributed by atoms with Gasteiger partial charge in [0.25, 0.3) is 0 Å². The van der Waals surface area contributed by atoms with Crippen LogP contribution < -0.4 is 0 Å². The van der Waals surface area contributed by atoms with Crippen LogP contribution in [-0.4, -0.2) is 31.8 Å². The Morgan fingerprint density at radius 1 is 1.53 bits per heavy atom. The highest BCUT2D eigenvalue weighted by molar-refractivity contribution is 7.98. The number of fused-ring (bicyclic) bond motifs is 1. The van der Waals surface area contributed by atoms with Crippen LogP contribution in [0.3, 0.4) is 0 Å². The minimum absolute atomic E-state index is 0.00559. The topological polar surface area (TPSA) is 80.7 Å². The number of hydrogen-bond acceptors (Lipinski definition) is 5. The lowest BCUT2D eigenvalue weighted by Crippen LogP contribution is -1.97. The van der Waals surface area contributed by atoms with Crippen LogP contribution in [0.15, 0.2) is 24.4 Å². The minimum atomic E-state index is -0.422. The average Bonchev–Trinajstić information content (AvgIpc) is 2.67. The van der Waals surface area contributed by atoms with E-state index in [0.717, 1.165) is 0 Å². The largest absolute Gasteiger partial charge is 0.396 e. The van der Waals surface area contributed by atoms with Gasteiger partial charge in [0, 0.05) is 17.6 Å². The van der Waals surface area contributed by atoms with Crippen molar-refractivity contribution in [3.8, 4) is 0 Å². The predicted molar refractivity (Wildman–Crippen MR) is 65.1 cm³/mol. The van der Waals surface area contributed by atoms with Crippen LogP contribution in [0.5, 0.6) is 0 Å². The lowest BCUT2D eigenvalue weighted by Gasteiger charge is -1.97. The zero-order valence-corrected chi connectivity index (χ0v) is 9.76. The molecule has 2 aromatic rings. The molecule has 0 aliphatic rings. The highest BCUT2D eigenvalue weighted by atomic mass is 32.2. The normalized spacial score (nSPS) is 10.9. The summed E-state index contributed by atoms with van der Waals surface area (Å²) in [5.41, 5.74) is 1.01. The summed E-state index contributed by atoms with van der Waals surface area (Å²) < 4.78 is 1.47. The van der Waals surface area contributed by atoms with Crippen molar-refractivity contribution in [1.29, 1.82) is 0 Å². The number of pyridine rings is 1. The molecule has 1 N–H and O–H groups in total. The molecule has 0 saturated carbocycles. The highest BCUT2D eigenvalue weighted by Gasteiger charge is 2.21. The molecular formula is C10H11N3O3S. The molecule has 0 aliphatic carbocycles. The molecule has 0 fully saturated rings. The highest BCUT2D eigenvalue weighted by Crippen LogP contribution is 2.24. The molecule has 90 valence electrons. The second-order valence-electron chi connectivity index (χ2n) is 3.34. The van der Waals surface area contributed by atoms with Crippen LogP contribution in [-0.2, 0) is 5.75 Å². The summed E-state index contributed by atoms with van der Waals surface area (Å²) in [4.78, 5) is 14.8. The molecule has 6 nitrogen and oxygen atoms in total. The first-order chi connectivity index (χ1) is 8.24. The molecule has 0 aromatic carbocycles. The standard InChI is InChI=1S/C10H11N3O3S/c14-5-6-17-7-8-10(13(15)16)12-4-2-1-3-9(12)11-8/h1-4,14H,5-7H2. The number of nitrogens with zero attached hydrogens (tertiary/aromatic N) is 3. The van der Waals surface area contributed by atoms with Gasteiger partial charge in [-0.05, 0) is 11.0 Å². The molecule has 0 radical (unpaired) electrons. The first kappa shape index (κ1) is 11.9. The molecule has 7 heteroatoms. The van der Waals surface area contributed by atoms with Crippen LogP contribution in [0.1, 0.15) is 5.69 Å². The van der Waals surface area contributed by atoms with Gasteiger partial charge in [-0.2, -0.15) is 16.2 Å². The number of aliphatic hydroxyl groups is 1. The third-order valence-corrected chi connectivity index (χ3v) is 3.17. The molecule has 0 unspecified atom stereocenters. The third kappa shape index (κ3) is 2.40. The molecule has 0 atom stereocenters. The van der Waals surface area contributed by atoms with Crippen molar-refractivity contribution in [3.05, 3.63) is 40.2 Å². The van der Waals surface area contributed by atoms with Crippen LogP contribution in [0.25, 0.3) is 5.65 Å².